The predicted molar refractivity (Wildman–Crippen MR) is 97.1 cm³/mol. The molecule has 3 rings (SSSR count). The lowest BCUT2D eigenvalue weighted by Gasteiger charge is -2.29. The van der Waals surface area contributed by atoms with E-state index in [4.69, 9.17) is 5.73 Å². The summed E-state index contributed by atoms with van der Waals surface area (Å²) in [6.45, 7) is 5.03. The molecular formula is C19H26N4O3. The van der Waals surface area contributed by atoms with Crippen molar-refractivity contribution in [1.82, 2.24) is 15.5 Å². The Morgan fingerprint density at radius 2 is 2.08 bits per heavy atom. The van der Waals surface area contributed by atoms with E-state index in [9.17, 15) is 14.4 Å². The van der Waals surface area contributed by atoms with Crippen molar-refractivity contribution in [2.45, 2.75) is 64.3 Å². The molecule has 1 saturated heterocycles. The number of hydrogen-bond acceptors (Lipinski definition) is 5. The van der Waals surface area contributed by atoms with Crippen molar-refractivity contribution in [3.05, 3.63) is 34.9 Å². The molecule has 7 heteroatoms. The summed E-state index contributed by atoms with van der Waals surface area (Å²) in [5.41, 5.74) is 8.37. The normalized spacial score (nSPS) is 22.2. The smallest absolute Gasteiger partial charge is 0.255 e. The first kappa shape index (κ1) is 18.5. The first-order valence-corrected chi connectivity index (χ1v) is 9.11. The van der Waals surface area contributed by atoms with Gasteiger partial charge in [0.2, 0.25) is 11.8 Å². The minimum atomic E-state index is -0.578. The van der Waals surface area contributed by atoms with E-state index in [1.807, 2.05) is 25.1 Å². The molecule has 7 nitrogen and oxygen atoms in total. The number of nitrogens with zero attached hydrogens (tertiary/aromatic N) is 1. The standard InChI is InChI=1S/C19H26N4O3/c1-11(20)8-12(2)21-9-13-4-3-5-14-10-23(19(26)17(13)14)15-6-7-16(24)22-18(15)25/h3-5,11-12,15,21H,6-10,20H2,1-2H3,(H,22,24,25). The maximum atomic E-state index is 13.0. The van der Waals surface area contributed by atoms with Gasteiger partial charge in [0.15, 0.2) is 0 Å². The molecule has 26 heavy (non-hydrogen) atoms. The van der Waals surface area contributed by atoms with Gasteiger partial charge in [0.25, 0.3) is 5.91 Å². The van der Waals surface area contributed by atoms with Gasteiger partial charge in [-0.25, -0.2) is 0 Å². The summed E-state index contributed by atoms with van der Waals surface area (Å²) in [6.07, 6.45) is 1.49. The van der Waals surface area contributed by atoms with Gasteiger partial charge in [0.1, 0.15) is 6.04 Å². The maximum Gasteiger partial charge on any atom is 0.255 e. The minimum Gasteiger partial charge on any atom is -0.328 e. The third-order valence-electron chi connectivity index (χ3n) is 5.01. The average molecular weight is 358 g/mol. The Morgan fingerprint density at radius 1 is 1.31 bits per heavy atom. The average Bonchev–Trinajstić information content (AvgIpc) is 2.90. The quantitative estimate of drug-likeness (QED) is 0.648. The van der Waals surface area contributed by atoms with Crippen LogP contribution in [0.25, 0.3) is 0 Å². The highest BCUT2D eigenvalue weighted by molar-refractivity contribution is 6.05. The van der Waals surface area contributed by atoms with Gasteiger partial charge in [-0.15, -0.1) is 0 Å². The van der Waals surface area contributed by atoms with Crippen molar-refractivity contribution in [2.75, 3.05) is 0 Å². The SMILES string of the molecule is CC(N)CC(C)NCc1cccc2c1C(=O)N(C1CCC(=O)NC1=O)C2. The van der Waals surface area contributed by atoms with Gasteiger partial charge in [0.05, 0.1) is 0 Å². The molecule has 2 aliphatic heterocycles. The first-order valence-electron chi connectivity index (χ1n) is 9.11. The van der Waals surface area contributed by atoms with Crippen LogP contribution in [0.15, 0.2) is 18.2 Å². The monoisotopic (exact) mass is 358 g/mol. The van der Waals surface area contributed by atoms with Crippen LogP contribution < -0.4 is 16.4 Å². The second-order valence-corrected chi connectivity index (χ2v) is 7.35. The number of carbonyl (C=O) groups excluding carboxylic acids is 3. The lowest BCUT2D eigenvalue weighted by atomic mass is 10.0. The maximum absolute atomic E-state index is 13.0. The third-order valence-corrected chi connectivity index (χ3v) is 5.01. The molecule has 2 heterocycles. The Bertz CT molecular complexity index is 731. The number of piperidine rings is 1. The van der Waals surface area contributed by atoms with Gasteiger partial charge in [-0.05, 0) is 37.8 Å². The van der Waals surface area contributed by atoms with E-state index in [2.05, 4.69) is 17.6 Å². The number of fused-ring (bicyclic) bond motifs is 1. The Labute approximate surface area is 153 Å². The lowest BCUT2D eigenvalue weighted by molar-refractivity contribution is -0.136. The molecule has 0 radical (unpaired) electrons. The van der Waals surface area contributed by atoms with Gasteiger partial charge in [0, 0.05) is 37.2 Å². The summed E-state index contributed by atoms with van der Waals surface area (Å²) >= 11 is 0. The van der Waals surface area contributed by atoms with Crippen molar-refractivity contribution in [3.63, 3.8) is 0 Å². The van der Waals surface area contributed by atoms with Crippen LogP contribution in [-0.2, 0) is 22.7 Å². The van der Waals surface area contributed by atoms with Gasteiger partial charge < -0.3 is 16.0 Å². The predicted octanol–water partition coefficient (Wildman–Crippen LogP) is 0.663. The van der Waals surface area contributed by atoms with E-state index >= 15 is 0 Å². The topological polar surface area (TPSA) is 105 Å². The fourth-order valence-corrected chi connectivity index (χ4v) is 3.76. The van der Waals surface area contributed by atoms with Crippen molar-refractivity contribution < 1.29 is 14.4 Å². The molecule has 0 aromatic heterocycles. The highest BCUT2D eigenvalue weighted by atomic mass is 16.2. The number of nitrogens with two attached hydrogens (primary N) is 1. The van der Waals surface area contributed by atoms with Crippen LogP contribution in [0.5, 0.6) is 0 Å². The molecule has 140 valence electrons. The summed E-state index contributed by atoms with van der Waals surface area (Å²) in [4.78, 5) is 38.1. The number of rotatable bonds is 6. The van der Waals surface area contributed by atoms with Crippen LogP contribution >= 0.6 is 0 Å². The number of nitrogens with one attached hydrogen (secondary N) is 2. The molecule has 4 N–H and O–H groups in total. The Morgan fingerprint density at radius 3 is 2.77 bits per heavy atom. The molecule has 3 amide bonds. The van der Waals surface area contributed by atoms with Gasteiger partial charge >= 0.3 is 0 Å². The fraction of sp³-hybridized carbons (Fsp3) is 0.526. The zero-order valence-corrected chi connectivity index (χ0v) is 15.2. The number of hydrogen-bond donors (Lipinski definition) is 3. The van der Waals surface area contributed by atoms with Crippen molar-refractivity contribution in [2.24, 2.45) is 5.73 Å². The molecule has 1 aromatic rings. The van der Waals surface area contributed by atoms with Gasteiger partial charge in [-0.3, -0.25) is 19.7 Å². The van der Waals surface area contributed by atoms with Crippen molar-refractivity contribution in [3.8, 4) is 0 Å². The van der Waals surface area contributed by atoms with E-state index in [1.54, 1.807) is 4.90 Å². The van der Waals surface area contributed by atoms with Gasteiger partial charge in [-0.2, -0.15) is 0 Å². The Balaban J connectivity index is 1.74. The van der Waals surface area contributed by atoms with Crippen molar-refractivity contribution >= 4 is 17.7 Å². The van der Waals surface area contributed by atoms with Crippen LogP contribution in [0, 0.1) is 0 Å². The fourth-order valence-electron chi connectivity index (χ4n) is 3.76. The molecule has 3 unspecified atom stereocenters. The molecule has 2 aliphatic rings. The molecule has 1 aromatic carbocycles. The number of benzene rings is 1. The Hall–Kier alpha value is -2.25. The highest BCUT2D eigenvalue weighted by Crippen LogP contribution is 2.29. The third kappa shape index (κ3) is 3.78. The summed E-state index contributed by atoms with van der Waals surface area (Å²) in [6, 6.07) is 5.58. The number of imide groups is 1. The largest absolute Gasteiger partial charge is 0.328 e. The van der Waals surface area contributed by atoms with Crippen LogP contribution in [0.4, 0.5) is 0 Å². The minimum absolute atomic E-state index is 0.114. The second-order valence-electron chi connectivity index (χ2n) is 7.35. The molecule has 0 aliphatic carbocycles. The summed E-state index contributed by atoms with van der Waals surface area (Å²) in [5, 5.41) is 5.75. The van der Waals surface area contributed by atoms with Crippen molar-refractivity contribution in [1.29, 1.82) is 0 Å². The van der Waals surface area contributed by atoms with E-state index in [1.165, 1.54) is 0 Å². The molecule has 1 fully saturated rings. The molecule has 0 bridgehead atoms. The van der Waals surface area contributed by atoms with Gasteiger partial charge in [-0.1, -0.05) is 18.2 Å². The molecule has 0 spiro atoms. The van der Waals surface area contributed by atoms with Crippen LogP contribution in [0.1, 0.15) is 54.6 Å². The van der Waals surface area contributed by atoms with E-state index in [0.717, 1.165) is 17.5 Å². The van der Waals surface area contributed by atoms with Crippen LogP contribution in [0.2, 0.25) is 0 Å². The summed E-state index contributed by atoms with van der Waals surface area (Å²) in [7, 11) is 0. The summed E-state index contributed by atoms with van der Waals surface area (Å²) < 4.78 is 0. The zero-order chi connectivity index (χ0) is 18.8. The second kappa shape index (κ2) is 7.55. The molecule has 0 saturated carbocycles. The van der Waals surface area contributed by atoms with E-state index < -0.39 is 6.04 Å². The number of amides is 3. The summed E-state index contributed by atoms with van der Waals surface area (Å²) in [5.74, 6) is -0.789. The number of carbonyl (C=O) groups is 3. The molecular weight excluding hydrogens is 332 g/mol. The van der Waals surface area contributed by atoms with Crippen LogP contribution in [0.3, 0.4) is 0 Å². The van der Waals surface area contributed by atoms with E-state index in [0.29, 0.717) is 25.1 Å². The lowest BCUT2D eigenvalue weighted by Crippen LogP contribution is -2.52. The highest BCUT2D eigenvalue weighted by Gasteiger charge is 2.39. The van der Waals surface area contributed by atoms with Crippen LogP contribution in [-0.4, -0.2) is 40.7 Å². The first-order chi connectivity index (χ1) is 12.4. The van der Waals surface area contributed by atoms with E-state index in [-0.39, 0.29) is 36.2 Å². The molecule has 3 atom stereocenters. The Kier molecular flexibility index (Phi) is 5.38. The zero-order valence-electron chi connectivity index (χ0n) is 15.2.